The molecular weight excluding hydrogens is 202 g/mol. The highest BCUT2D eigenvalue weighted by atomic mass is 16.5. The minimum atomic E-state index is 0.259. The number of ether oxygens (including phenoxy) is 1. The monoisotopic (exact) mass is 227 g/mol. The van der Waals surface area contributed by atoms with Crippen LogP contribution in [0.2, 0.25) is 0 Å². The summed E-state index contributed by atoms with van der Waals surface area (Å²) < 4.78 is 5.72. The van der Waals surface area contributed by atoms with Crippen LogP contribution in [0.1, 0.15) is 52.9 Å². The summed E-state index contributed by atoms with van der Waals surface area (Å²) >= 11 is 0. The molecule has 3 nitrogen and oxygen atoms in total. The molecule has 0 bridgehead atoms. The van der Waals surface area contributed by atoms with Crippen LogP contribution in [0, 0.1) is 0 Å². The number of amides is 1. The molecule has 0 saturated carbocycles. The Bertz CT molecular complexity index is 216. The van der Waals surface area contributed by atoms with E-state index in [1.807, 2.05) is 18.7 Å². The molecule has 1 atom stereocenters. The third kappa shape index (κ3) is 4.52. The molecule has 1 rings (SSSR count). The maximum Gasteiger partial charge on any atom is 0.222 e. The van der Waals surface area contributed by atoms with Gasteiger partial charge in [-0.2, -0.15) is 0 Å². The summed E-state index contributed by atoms with van der Waals surface area (Å²) in [6.45, 7) is 7.93. The second kappa shape index (κ2) is 6.89. The van der Waals surface area contributed by atoms with E-state index < -0.39 is 0 Å². The minimum absolute atomic E-state index is 0.259. The van der Waals surface area contributed by atoms with Crippen LogP contribution in [0.15, 0.2) is 0 Å². The lowest BCUT2D eigenvalue weighted by molar-refractivity contribution is -0.131. The van der Waals surface area contributed by atoms with Gasteiger partial charge in [0.15, 0.2) is 0 Å². The molecule has 1 fully saturated rings. The lowest BCUT2D eigenvalue weighted by Gasteiger charge is -2.18. The van der Waals surface area contributed by atoms with Gasteiger partial charge < -0.3 is 9.64 Å². The van der Waals surface area contributed by atoms with Crippen molar-refractivity contribution < 1.29 is 9.53 Å². The first-order valence-electron chi connectivity index (χ1n) is 6.56. The van der Waals surface area contributed by atoms with E-state index in [4.69, 9.17) is 4.74 Å². The molecule has 0 aromatic rings. The Hall–Kier alpha value is -0.570. The smallest absolute Gasteiger partial charge is 0.222 e. The van der Waals surface area contributed by atoms with Gasteiger partial charge in [-0.05, 0) is 26.7 Å². The zero-order valence-electron chi connectivity index (χ0n) is 10.9. The van der Waals surface area contributed by atoms with Gasteiger partial charge in [0.2, 0.25) is 5.91 Å². The van der Waals surface area contributed by atoms with Gasteiger partial charge in [-0.15, -0.1) is 0 Å². The van der Waals surface area contributed by atoms with Crippen LogP contribution in [-0.2, 0) is 9.53 Å². The summed E-state index contributed by atoms with van der Waals surface area (Å²) in [5, 5.41) is 0. The van der Waals surface area contributed by atoms with Gasteiger partial charge in [-0.25, -0.2) is 0 Å². The van der Waals surface area contributed by atoms with E-state index in [0.717, 1.165) is 32.4 Å². The van der Waals surface area contributed by atoms with Crippen molar-refractivity contribution in [3.05, 3.63) is 0 Å². The highest BCUT2D eigenvalue weighted by molar-refractivity contribution is 5.76. The van der Waals surface area contributed by atoms with Gasteiger partial charge >= 0.3 is 0 Å². The van der Waals surface area contributed by atoms with Crippen LogP contribution in [0.25, 0.3) is 0 Å². The molecule has 0 aromatic heterocycles. The van der Waals surface area contributed by atoms with Crippen LogP contribution < -0.4 is 0 Å². The molecule has 94 valence electrons. The Kier molecular flexibility index (Phi) is 5.81. The molecule has 1 unspecified atom stereocenters. The fraction of sp³-hybridized carbons (Fsp3) is 0.923. The first-order valence-corrected chi connectivity index (χ1v) is 6.56. The van der Waals surface area contributed by atoms with Crippen LogP contribution >= 0.6 is 0 Å². The zero-order chi connectivity index (χ0) is 12.0. The van der Waals surface area contributed by atoms with E-state index in [9.17, 15) is 4.79 Å². The molecule has 1 heterocycles. The molecule has 1 aliphatic rings. The molecule has 16 heavy (non-hydrogen) atoms. The van der Waals surface area contributed by atoms with Crippen molar-refractivity contribution in [3.63, 3.8) is 0 Å². The maximum atomic E-state index is 11.8. The Morgan fingerprint density at radius 1 is 1.44 bits per heavy atom. The molecule has 0 aromatic carbocycles. The Balaban J connectivity index is 2.21. The SMILES string of the molecule is CCCCCC(=O)N1CCC(OC(C)C)C1. The number of nitrogens with zero attached hydrogens (tertiary/aromatic N) is 1. The molecule has 1 saturated heterocycles. The van der Waals surface area contributed by atoms with Gasteiger partial charge in [0.25, 0.3) is 0 Å². The quantitative estimate of drug-likeness (QED) is 0.653. The molecule has 0 aliphatic carbocycles. The number of rotatable bonds is 6. The number of unbranched alkanes of at least 4 members (excludes halogenated alkanes) is 2. The van der Waals surface area contributed by atoms with Crippen LogP contribution in [-0.4, -0.2) is 36.1 Å². The van der Waals surface area contributed by atoms with Crippen LogP contribution in [0.5, 0.6) is 0 Å². The third-order valence-electron chi connectivity index (χ3n) is 2.96. The van der Waals surface area contributed by atoms with Gasteiger partial charge in [-0.3, -0.25) is 4.79 Å². The van der Waals surface area contributed by atoms with E-state index >= 15 is 0 Å². The first-order chi connectivity index (χ1) is 7.63. The van der Waals surface area contributed by atoms with E-state index in [2.05, 4.69) is 6.92 Å². The van der Waals surface area contributed by atoms with Crippen molar-refractivity contribution in [1.82, 2.24) is 4.90 Å². The summed E-state index contributed by atoms with van der Waals surface area (Å²) in [7, 11) is 0. The van der Waals surface area contributed by atoms with Gasteiger partial charge in [0, 0.05) is 19.5 Å². The predicted molar refractivity (Wildman–Crippen MR) is 65.3 cm³/mol. The normalized spacial score (nSPS) is 20.8. The second-order valence-electron chi connectivity index (χ2n) is 4.89. The maximum absolute atomic E-state index is 11.8. The van der Waals surface area contributed by atoms with Gasteiger partial charge in [0.05, 0.1) is 12.2 Å². The van der Waals surface area contributed by atoms with E-state index in [-0.39, 0.29) is 12.2 Å². The summed E-state index contributed by atoms with van der Waals surface area (Å²) in [4.78, 5) is 13.8. The summed E-state index contributed by atoms with van der Waals surface area (Å²) in [5.74, 6) is 0.309. The van der Waals surface area contributed by atoms with E-state index in [1.54, 1.807) is 0 Å². The zero-order valence-corrected chi connectivity index (χ0v) is 10.9. The Morgan fingerprint density at radius 3 is 2.81 bits per heavy atom. The first kappa shape index (κ1) is 13.5. The summed E-state index contributed by atoms with van der Waals surface area (Å²) in [5.41, 5.74) is 0. The lowest BCUT2D eigenvalue weighted by Crippen LogP contribution is -2.30. The number of hydrogen-bond donors (Lipinski definition) is 0. The number of hydrogen-bond acceptors (Lipinski definition) is 2. The molecule has 0 spiro atoms. The third-order valence-corrected chi connectivity index (χ3v) is 2.96. The minimum Gasteiger partial charge on any atom is -0.374 e. The van der Waals surface area contributed by atoms with Crippen molar-refractivity contribution in [2.24, 2.45) is 0 Å². The van der Waals surface area contributed by atoms with Gasteiger partial charge in [-0.1, -0.05) is 19.8 Å². The highest BCUT2D eigenvalue weighted by Gasteiger charge is 2.26. The summed E-state index contributed by atoms with van der Waals surface area (Å²) in [6.07, 6.45) is 5.59. The molecule has 3 heteroatoms. The molecule has 1 amide bonds. The molecule has 1 aliphatic heterocycles. The van der Waals surface area contributed by atoms with Crippen molar-refractivity contribution in [2.45, 2.75) is 65.1 Å². The van der Waals surface area contributed by atoms with E-state index in [0.29, 0.717) is 12.3 Å². The second-order valence-corrected chi connectivity index (χ2v) is 4.89. The fourth-order valence-corrected chi connectivity index (χ4v) is 2.14. The van der Waals surface area contributed by atoms with Gasteiger partial charge in [0.1, 0.15) is 0 Å². The topological polar surface area (TPSA) is 29.5 Å². The fourth-order valence-electron chi connectivity index (χ4n) is 2.14. The van der Waals surface area contributed by atoms with Crippen molar-refractivity contribution >= 4 is 5.91 Å². The lowest BCUT2D eigenvalue weighted by atomic mass is 10.2. The Morgan fingerprint density at radius 2 is 2.19 bits per heavy atom. The van der Waals surface area contributed by atoms with E-state index in [1.165, 1.54) is 6.42 Å². The largest absolute Gasteiger partial charge is 0.374 e. The number of carbonyl (C=O) groups excluding carboxylic acids is 1. The molecule has 0 radical (unpaired) electrons. The van der Waals surface area contributed by atoms with Crippen molar-refractivity contribution in [1.29, 1.82) is 0 Å². The predicted octanol–water partition coefficient (Wildman–Crippen LogP) is 2.59. The number of carbonyl (C=O) groups is 1. The average Bonchev–Trinajstić information content (AvgIpc) is 2.65. The number of likely N-dealkylation sites (tertiary alicyclic amines) is 1. The highest BCUT2D eigenvalue weighted by Crippen LogP contribution is 2.16. The van der Waals surface area contributed by atoms with Crippen molar-refractivity contribution in [3.8, 4) is 0 Å². The van der Waals surface area contributed by atoms with Crippen LogP contribution in [0.4, 0.5) is 0 Å². The molecular formula is C13H25NO2. The van der Waals surface area contributed by atoms with Crippen molar-refractivity contribution in [2.75, 3.05) is 13.1 Å². The Labute approximate surface area is 99.1 Å². The standard InChI is InChI=1S/C13H25NO2/c1-4-5-6-7-13(15)14-9-8-12(10-14)16-11(2)3/h11-12H,4-10H2,1-3H3. The van der Waals surface area contributed by atoms with Crippen LogP contribution in [0.3, 0.4) is 0 Å². The molecule has 0 N–H and O–H groups in total. The summed E-state index contributed by atoms with van der Waals surface area (Å²) in [6, 6.07) is 0. The average molecular weight is 227 g/mol.